The largest absolute Gasteiger partial charge is 0.478 e. The van der Waals surface area contributed by atoms with Gasteiger partial charge in [-0.1, -0.05) is 39.3 Å². The molecule has 4 rings (SSSR count). The van der Waals surface area contributed by atoms with Gasteiger partial charge in [0.15, 0.2) is 0 Å². The summed E-state index contributed by atoms with van der Waals surface area (Å²) in [4.78, 5) is 24.8. The van der Waals surface area contributed by atoms with Crippen LogP contribution in [0.2, 0.25) is 0 Å². The minimum atomic E-state index is -1.04. The summed E-state index contributed by atoms with van der Waals surface area (Å²) in [5.74, 6) is -1.89. The van der Waals surface area contributed by atoms with Crippen molar-refractivity contribution in [3.8, 4) is 0 Å². The zero-order valence-electron chi connectivity index (χ0n) is 24.2. The molecule has 0 radical (unpaired) electrons. The summed E-state index contributed by atoms with van der Waals surface area (Å²) in [5, 5.41) is 44.6. The third-order valence-electron chi connectivity index (χ3n) is 11.7. The average molecular weight is 533 g/mol. The van der Waals surface area contributed by atoms with Gasteiger partial charge in [-0.2, -0.15) is 0 Å². The van der Waals surface area contributed by atoms with Crippen molar-refractivity contribution < 1.29 is 34.8 Å². The van der Waals surface area contributed by atoms with Crippen molar-refractivity contribution in [3.63, 3.8) is 0 Å². The maximum Gasteiger partial charge on any atom is 0.331 e. The Morgan fingerprint density at radius 3 is 2.29 bits per heavy atom. The molecule has 0 saturated heterocycles. The first kappa shape index (κ1) is 29.3. The summed E-state index contributed by atoms with van der Waals surface area (Å²) >= 11 is 0. The molecule has 0 aromatic rings. The predicted octanol–water partition coefficient (Wildman–Crippen LogP) is 4.64. The summed E-state index contributed by atoms with van der Waals surface area (Å²) in [6.45, 7) is 13.7. The molecular formula is C31H48O7. The number of carboxylic acids is 1. The van der Waals surface area contributed by atoms with E-state index in [2.05, 4.69) is 20.8 Å². The second-order valence-electron chi connectivity index (χ2n) is 13.7. The second-order valence-corrected chi connectivity index (χ2v) is 13.7. The number of hydrogen-bond acceptors (Lipinski definition) is 6. The van der Waals surface area contributed by atoms with Gasteiger partial charge in [-0.3, -0.25) is 4.79 Å². The highest BCUT2D eigenvalue weighted by atomic mass is 16.5. The van der Waals surface area contributed by atoms with E-state index in [-0.39, 0.29) is 29.1 Å². The van der Waals surface area contributed by atoms with Crippen molar-refractivity contribution in [2.45, 2.75) is 118 Å². The number of aliphatic hydroxyl groups excluding tert-OH is 3. The van der Waals surface area contributed by atoms with E-state index in [0.29, 0.717) is 36.8 Å². The van der Waals surface area contributed by atoms with Crippen molar-refractivity contribution in [2.24, 2.45) is 39.9 Å². The fraction of sp³-hybridized carbons (Fsp3) is 0.806. The van der Waals surface area contributed by atoms with Crippen molar-refractivity contribution in [2.75, 3.05) is 0 Å². The molecule has 0 aromatic carbocycles. The molecule has 7 heteroatoms. The number of aliphatic hydroxyl groups is 3. The van der Waals surface area contributed by atoms with Crippen LogP contribution in [0, 0.1) is 39.9 Å². The summed E-state index contributed by atoms with van der Waals surface area (Å²) in [5.41, 5.74) is 0.534. The number of rotatable bonds is 5. The normalized spacial score (nSPS) is 47.3. The molecule has 0 amide bonds. The molecule has 38 heavy (non-hydrogen) atoms. The van der Waals surface area contributed by atoms with Gasteiger partial charge < -0.3 is 25.2 Å². The van der Waals surface area contributed by atoms with E-state index in [9.17, 15) is 30.0 Å². The van der Waals surface area contributed by atoms with Crippen molar-refractivity contribution >= 4 is 11.9 Å². The van der Waals surface area contributed by atoms with Gasteiger partial charge in [0.25, 0.3) is 0 Å². The smallest absolute Gasteiger partial charge is 0.331 e. The summed E-state index contributed by atoms with van der Waals surface area (Å²) in [6, 6.07) is 0. The van der Waals surface area contributed by atoms with Gasteiger partial charge >= 0.3 is 11.9 Å². The van der Waals surface area contributed by atoms with Gasteiger partial charge in [0.2, 0.25) is 0 Å². The Hall–Kier alpha value is -1.70. The van der Waals surface area contributed by atoms with E-state index in [1.54, 1.807) is 0 Å². The highest BCUT2D eigenvalue weighted by Gasteiger charge is 2.73. The van der Waals surface area contributed by atoms with Crippen LogP contribution in [-0.4, -0.2) is 56.8 Å². The van der Waals surface area contributed by atoms with E-state index in [1.807, 2.05) is 26.8 Å². The molecule has 0 heterocycles. The van der Waals surface area contributed by atoms with Crippen LogP contribution in [0.4, 0.5) is 0 Å². The summed E-state index contributed by atoms with van der Waals surface area (Å²) < 4.78 is 5.84. The van der Waals surface area contributed by atoms with Crippen molar-refractivity contribution in [1.29, 1.82) is 0 Å². The summed E-state index contributed by atoms with van der Waals surface area (Å²) in [7, 11) is 0. The number of carbonyl (C=O) groups excluding carboxylic acids is 1. The first-order valence-electron chi connectivity index (χ1n) is 14.4. The Morgan fingerprint density at radius 1 is 1.05 bits per heavy atom. The zero-order chi connectivity index (χ0) is 28.4. The molecule has 4 fully saturated rings. The third-order valence-corrected chi connectivity index (χ3v) is 11.7. The predicted molar refractivity (Wildman–Crippen MR) is 144 cm³/mol. The van der Waals surface area contributed by atoms with Gasteiger partial charge in [0.05, 0.1) is 18.3 Å². The van der Waals surface area contributed by atoms with E-state index in [1.165, 1.54) is 6.92 Å². The van der Waals surface area contributed by atoms with E-state index in [4.69, 9.17) is 4.74 Å². The lowest BCUT2D eigenvalue weighted by atomic mass is 9.35. The number of hydrogen-bond donors (Lipinski definition) is 4. The van der Waals surface area contributed by atoms with Crippen LogP contribution in [0.3, 0.4) is 0 Å². The topological polar surface area (TPSA) is 124 Å². The number of fused-ring (bicyclic) bond motifs is 5. The molecule has 0 aromatic heterocycles. The molecule has 11 atom stereocenters. The highest BCUT2D eigenvalue weighted by molar-refractivity contribution is 5.88. The Labute approximate surface area is 227 Å². The van der Waals surface area contributed by atoms with E-state index < -0.39 is 47.2 Å². The molecule has 4 aliphatic rings. The average Bonchev–Trinajstić information content (AvgIpc) is 3.09. The third kappa shape index (κ3) is 4.19. The molecule has 4 saturated carbocycles. The first-order valence-corrected chi connectivity index (χ1v) is 14.4. The lowest BCUT2D eigenvalue weighted by Crippen LogP contribution is -2.71. The number of carbonyl (C=O) groups is 2. The summed E-state index contributed by atoms with van der Waals surface area (Å²) in [6.07, 6.45) is 3.13. The number of allylic oxidation sites excluding steroid dienone is 2. The fourth-order valence-electron chi connectivity index (χ4n) is 9.84. The zero-order valence-corrected chi connectivity index (χ0v) is 24.2. The van der Waals surface area contributed by atoms with Crippen LogP contribution in [0.25, 0.3) is 0 Å². The highest BCUT2D eigenvalue weighted by Crippen LogP contribution is 2.74. The Kier molecular flexibility index (Phi) is 7.74. The molecule has 0 unspecified atom stereocenters. The molecule has 7 nitrogen and oxygen atoms in total. The number of aliphatic carboxylic acids is 1. The lowest BCUT2D eigenvalue weighted by molar-refractivity contribution is -0.284. The van der Waals surface area contributed by atoms with Crippen LogP contribution >= 0.6 is 0 Å². The van der Waals surface area contributed by atoms with Gasteiger partial charge in [-0.15, -0.1) is 0 Å². The maximum absolute atomic E-state index is 12.6. The van der Waals surface area contributed by atoms with Gasteiger partial charge in [-0.05, 0) is 98.9 Å². The van der Waals surface area contributed by atoms with Gasteiger partial charge in [-0.25, -0.2) is 4.79 Å². The Morgan fingerprint density at radius 2 is 1.71 bits per heavy atom. The Bertz CT molecular complexity index is 1030. The molecular weight excluding hydrogens is 484 g/mol. The maximum atomic E-state index is 12.6. The number of carboxylic acid groups (broad SMARTS) is 1. The molecule has 0 bridgehead atoms. The molecule has 214 valence electrons. The van der Waals surface area contributed by atoms with Crippen LogP contribution in [0.15, 0.2) is 22.8 Å². The quantitative estimate of drug-likeness (QED) is 0.231. The van der Waals surface area contributed by atoms with Gasteiger partial charge in [0.1, 0.15) is 6.10 Å². The minimum Gasteiger partial charge on any atom is -0.478 e. The number of ether oxygens (including phenoxy) is 1. The van der Waals surface area contributed by atoms with Crippen LogP contribution in [0.5, 0.6) is 0 Å². The minimum absolute atomic E-state index is 0.0749. The van der Waals surface area contributed by atoms with Crippen LogP contribution < -0.4 is 0 Å². The van der Waals surface area contributed by atoms with Crippen molar-refractivity contribution in [1.82, 2.24) is 0 Å². The number of esters is 1. The molecule has 4 aliphatic carbocycles. The monoisotopic (exact) mass is 532 g/mol. The second kappa shape index (κ2) is 10.0. The van der Waals surface area contributed by atoms with E-state index in [0.717, 1.165) is 24.8 Å². The lowest BCUT2D eigenvalue weighted by Gasteiger charge is -2.70. The molecule has 0 aliphatic heterocycles. The Balaban J connectivity index is 1.85. The fourth-order valence-corrected chi connectivity index (χ4v) is 9.84. The van der Waals surface area contributed by atoms with Gasteiger partial charge in [0, 0.05) is 17.9 Å². The van der Waals surface area contributed by atoms with E-state index >= 15 is 0 Å². The standard InChI is InChI=1S/C31H48O7/c1-16(2)9-8-10-19(28(36)37)24-20-11-12-23-29(5)14-13-21(33)17(3)25(29)26(34)27(35)31(23,7)30(20,6)15-22(24)38-18(4)32/h9,17,20-23,25-27,33-35H,8,10-15H2,1-7H3,(H,36,37)/b24-19-/t17-,20+,21-,22+,23+,25-,26-,27+,29-,30+,31-/m1/s1. The van der Waals surface area contributed by atoms with Crippen LogP contribution in [-0.2, 0) is 14.3 Å². The molecule has 4 N–H and O–H groups in total. The SMILES string of the molecule is CC(=O)O[C@H]1C[C@@]2(C)[C@@H](CC[C@H]3[C@@]4(C)CC[C@@H](O)[C@@H](C)[C@@H]4[C@@H](O)[C@H](O)[C@@]32C)/C1=C(\CCC=C(C)C)C(=O)O. The van der Waals surface area contributed by atoms with Crippen molar-refractivity contribution in [3.05, 3.63) is 22.8 Å². The molecule has 0 spiro atoms. The van der Waals surface area contributed by atoms with Crippen LogP contribution in [0.1, 0.15) is 93.4 Å². The first-order chi connectivity index (χ1) is 17.6.